The minimum Gasteiger partial charge on any atom is -0.342 e. The zero-order valence-corrected chi connectivity index (χ0v) is 11.2. The maximum atomic E-state index is 12.0. The first-order valence-electron chi connectivity index (χ1n) is 6.80. The highest BCUT2D eigenvalue weighted by molar-refractivity contribution is 5.90. The molecule has 0 atom stereocenters. The van der Waals surface area contributed by atoms with Crippen molar-refractivity contribution in [2.45, 2.75) is 25.3 Å². The van der Waals surface area contributed by atoms with E-state index in [2.05, 4.69) is 30.7 Å². The average molecular weight is 283 g/mol. The van der Waals surface area contributed by atoms with Crippen molar-refractivity contribution in [2.24, 2.45) is 0 Å². The van der Waals surface area contributed by atoms with Crippen molar-refractivity contribution in [3.05, 3.63) is 41.9 Å². The van der Waals surface area contributed by atoms with Crippen molar-refractivity contribution in [3.63, 3.8) is 0 Å². The van der Waals surface area contributed by atoms with Crippen LogP contribution in [-0.4, -0.2) is 35.7 Å². The molecule has 3 aromatic heterocycles. The first-order valence-corrected chi connectivity index (χ1v) is 6.80. The quantitative estimate of drug-likeness (QED) is 0.732. The lowest BCUT2D eigenvalue weighted by Crippen LogP contribution is -2.25. The summed E-state index contributed by atoms with van der Waals surface area (Å²) in [7, 11) is 0. The van der Waals surface area contributed by atoms with Crippen molar-refractivity contribution in [3.8, 4) is 0 Å². The van der Waals surface area contributed by atoms with E-state index in [1.807, 2.05) is 28.8 Å². The van der Waals surface area contributed by atoms with Gasteiger partial charge in [0.05, 0.1) is 6.54 Å². The van der Waals surface area contributed by atoms with E-state index in [9.17, 15) is 4.79 Å². The molecule has 1 saturated carbocycles. The summed E-state index contributed by atoms with van der Waals surface area (Å²) in [6.07, 6.45) is 4.08. The van der Waals surface area contributed by atoms with E-state index in [0.717, 1.165) is 24.3 Å². The monoisotopic (exact) mass is 283 g/mol. The summed E-state index contributed by atoms with van der Waals surface area (Å²) >= 11 is 0. The molecule has 1 fully saturated rings. The lowest BCUT2D eigenvalue weighted by atomic mass is 10.4. The second kappa shape index (κ2) is 4.65. The van der Waals surface area contributed by atoms with Crippen molar-refractivity contribution in [1.29, 1.82) is 0 Å². The van der Waals surface area contributed by atoms with E-state index in [1.165, 1.54) is 0 Å². The molecule has 4 rings (SSSR count). The smallest absolute Gasteiger partial charge is 0.291 e. The van der Waals surface area contributed by atoms with Crippen LogP contribution in [0.25, 0.3) is 5.65 Å². The molecule has 0 aliphatic heterocycles. The largest absolute Gasteiger partial charge is 0.342 e. The van der Waals surface area contributed by atoms with Crippen LogP contribution < -0.4 is 5.32 Å². The molecule has 1 aliphatic rings. The second-order valence-electron chi connectivity index (χ2n) is 5.05. The summed E-state index contributed by atoms with van der Waals surface area (Å²) in [5.41, 5.74) is 0.746. The van der Waals surface area contributed by atoms with Gasteiger partial charge in [-0.15, -0.1) is 15.3 Å². The Kier molecular flexibility index (Phi) is 2.66. The number of nitrogens with zero attached hydrogens (tertiary/aromatic N) is 5. The number of hydrogen-bond acceptors (Lipinski definition) is 5. The Labute approximate surface area is 119 Å². The predicted molar refractivity (Wildman–Crippen MR) is 72.5 cm³/mol. The van der Waals surface area contributed by atoms with Crippen LogP contribution in [0.15, 0.2) is 24.4 Å². The number of amides is 1. The van der Waals surface area contributed by atoms with E-state index < -0.39 is 0 Å². The van der Waals surface area contributed by atoms with Crippen molar-refractivity contribution < 1.29 is 4.79 Å². The van der Waals surface area contributed by atoms with Gasteiger partial charge in [0.1, 0.15) is 5.82 Å². The van der Waals surface area contributed by atoms with Gasteiger partial charge >= 0.3 is 0 Å². The topological polar surface area (TPSA) is 101 Å². The van der Waals surface area contributed by atoms with Crippen molar-refractivity contribution in [1.82, 2.24) is 35.1 Å². The van der Waals surface area contributed by atoms with Gasteiger partial charge in [-0.1, -0.05) is 6.07 Å². The van der Waals surface area contributed by atoms with Crippen molar-refractivity contribution >= 4 is 11.6 Å². The minimum atomic E-state index is -0.314. The van der Waals surface area contributed by atoms with Crippen LogP contribution in [0.4, 0.5) is 0 Å². The second-order valence-corrected chi connectivity index (χ2v) is 5.05. The molecule has 0 radical (unpaired) electrons. The van der Waals surface area contributed by atoms with E-state index in [0.29, 0.717) is 11.7 Å². The average Bonchev–Trinajstić information content (AvgIpc) is 3.11. The number of hydrogen-bond donors (Lipinski definition) is 2. The van der Waals surface area contributed by atoms with Crippen LogP contribution in [0.3, 0.4) is 0 Å². The van der Waals surface area contributed by atoms with Gasteiger partial charge in [0, 0.05) is 12.1 Å². The number of rotatable bonds is 4. The van der Waals surface area contributed by atoms with Crippen LogP contribution in [0.5, 0.6) is 0 Å². The molecule has 21 heavy (non-hydrogen) atoms. The molecular formula is C13H13N7O. The highest BCUT2D eigenvalue weighted by atomic mass is 16.2. The number of pyridine rings is 1. The number of carbonyl (C=O) groups excluding carboxylic acids is 1. The normalized spacial score (nSPS) is 14.5. The highest BCUT2D eigenvalue weighted by Gasteiger charge is 2.28. The van der Waals surface area contributed by atoms with E-state index >= 15 is 0 Å². The molecule has 3 aromatic rings. The van der Waals surface area contributed by atoms with Crippen LogP contribution >= 0.6 is 0 Å². The lowest BCUT2D eigenvalue weighted by Gasteiger charge is -2.01. The number of H-pyrrole nitrogens is 1. The molecule has 0 bridgehead atoms. The Morgan fingerprint density at radius 3 is 3.14 bits per heavy atom. The third kappa shape index (κ3) is 2.24. The fraction of sp³-hybridized carbons (Fsp3) is 0.308. The standard InChI is InChI=1S/C13H13N7O/c21-13(12-15-11(18-19-12)8-4-5-8)14-7-10-17-16-9-3-1-2-6-20(9)10/h1-3,6,8H,4-5,7H2,(H,14,21)(H,15,18,19). The Hall–Kier alpha value is -2.77. The number of aromatic nitrogens is 6. The van der Waals surface area contributed by atoms with Gasteiger partial charge in [-0.25, -0.2) is 4.98 Å². The molecule has 1 aliphatic carbocycles. The summed E-state index contributed by atoms with van der Waals surface area (Å²) in [6, 6.07) is 5.63. The number of fused-ring (bicyclic) bond motifs is 1. The first-order chi connectivity index (χ1) is 10.3. The van der Waals surface area contributed by atoms with Gasteiger partial charge in [-0.2, -0.15) is 0 Å². The summed E-state index contributed by atoms with van der Waals surface area (Å²) in [4.78, 5) is 16.2. The third-order valence-corrected chi connectivity index (χ3v) is 3.46. The maximum Gasteiger partial charge on any atom is 0.291 e. The molecule has 2 N–H and O–H groups in total. The summed E-state index contributed by atoms with van der Waals surface area (Å²) in [6.45, 7) is 0.275. The fourth-order valence-corrected chi connectivity index (χ4v) is 2.17. The molecule has 0 spiro atoms. The highest BCUT2D eigenvalue weighted by Crippen LogP contribution is 2.37. The van der Waals surface area contributed by atoms with Gasteiger partial charge in [0.15, 0.2) is 11.5 Å². The Morgan fingerprint density at radius 1 is 1.38 bits per heavy atom. The lowest BCUT2D eigenvalue weighted by molar-refractivity contribution is 0.0939. The first kappa shape index (κ1) is 12.0. The Balaban J connectivity index is 1.46. The van der Waals surface area contributed by atoms with Crippen molar-refractivity contribution in [2.75, 3.05) is 0 Å². The number of aromatic amines is 1. The molecule has 0 saturated heterocycles. The zero-order chi connectivity index (χ0) is 14.2. The van der Waals surface area contributed by atoms with Crippen LogP contribution in [0.1, 0.15) is 41.0 Å². The maximum absolute atomic E-state index is 12.0. The van der Waals surface area contributed by atoms with Crippen LogP contribution in [-0.2, 0) is 6.54 Å². The van der Waals surface area contributed by atoms with Crippen LogP contribution in [0.2, 0.25) is 0 Å². The van der Waals surface area contributed by atoms with Gasteiger partial charge in [-0.3, -0.25) is 14.3 Å². The van der Waals surface area contributed by atoms with E-state index in [1.54, 1.807) is 0 Å². The van der Waals surface area contributed by atoms with Gasteiger partial charge < -0.3 is 5.32 Å². The molecule has 0 unspecified atom stereocenters. The molecule has 8 nitrogen and oxygen atoms in total. The number of nitrogens with one attached hydrogen (secondary N) is 2. The zero-order valence-electron chi connectivity index (χ0n) is 11.2. The summed E-state index contributed by atoms with van der Waals surface area (Å²) in [5, 5.41) is 17.6. The molecule has 1 amide bonds. The molecule has 3 heterocycles. The Morgan fingerprint density at radius 2 is 2.29 bits per heavy atom. The van der Waals surface area contributed by atoms with E-state index in [4.69, 9.17) is 0 Å². The summed E-state index contributed by atoms with van der Waals surface area (Å²) in [5.74, 6) is 1.76. The van der Waals surface area contributed by atoms with Crippen LogP contribution in [0, 0.1) is 0 Å². The van der Waals surface area contributed by atoms with Gasteiger partial charge in [-0.05, 0) is 25.0 Å². The molecule has 8 heteroatoms. The van der Waals surface area contributed by atoms with Gasteiger partial charge in [0.25, 0.3) is 5.91 Å². The number of carbonyl (C=O) groups is 1. The third-order valence-electron chi connectivity index (χ3n) is 3.46. The minimum absolute atomic E-state index is 0.172. The predicted octanol–water partition coefficient (Wildman–Crippen LogP) is 0.655. The van der Waals surface area contributed by atoms with E-state index in [-0.39, 0.29) is 18.3 Å². The molecular weight excluding hydrogens is 270 g/mol. The molecule has 106 valence electrons. The SMILES string of the molecule is O=C(NCc1nnc2ccccn12)c1n[nH]c(C2CC2)n1. The Bertz CT molecular complexity index is 802. The molecule has 0 aromatic carbocycles. The summed E-state index contributed by atoms with van der Waals surface area (Å²) < 4.78 is 1.83. The van der Waals surface area contributed by atoms with Gasteiger partial charge in [0.2, 0.25) is 5.82 Å². The fourth-order valence-electron chi connectivity index (χ4n) is 2.17.